The second-order valence-electron chi connectivity index (χ2n) is 10.9. The van der Waals surface area contributed by atoms with E-state index in [1.54, 1.807) is 13.1 Å². The number of rotatable bonds is 8. The number of carbonyl (C=O) groups excluding carboxylic acids is 1. The van der Waals surface area contributed by atoms with E-state index in [1.807, 2.05) is 36.4 Å². The highest BCUT2D eigenvalue weighted by atomic mass is 19.1. The molecule has 9 heteroatoms. The molecule has 2 aromatic rings. The van der Waals surface area contributed by atoms with Crippen LogP contribution >= 0.6 is 0 Å². The first-order valence-corrected chi connectivity index (χ1v) is 13.9. The van der Waals surface area contributed by atoms with Gasteiger partial charge in [0.05, 0.1) is 24.2 Å². The van der Waals surface area contributed by atoms with Crippen molar-refractivity contribution in [2.24, 2.45) is 10.7 Å². The first-order chi connectivity index (χ1) is 19.3. The first kappa shape index (κ1) is 27.9. The molecule has 0 spiro atoms. The zero-order valence-electron chi connectivity index (χ0n) is 22.9. The Morgan fingerprint density at radius 3 is 2.58 bits per heavy atom. The number of hydrogen-bond donors (Lipinski definition) is 4. The van der Waals surface area contributed by atoms with E-state index >= 15 is 0 Å². The summed E-state index contributed by atoms with van der Waals surface area (Å²) in [7, 11) is 1.72. The lowest BCUT2D eigenvalue weighted by molar-refractivity contribution is -0.124. The van der Waals surface area contributed by atoms with Crippen LogP contribution < -0.4 is 11.1 Å². The smallest absolute Gasteiger partial charge is 0.279 e. The molecule has 1 fully saturated rings. The summed E-state index contributed by atoms with van der Waals surface area (Å²) in [5, 5.41) is 22.9. The lowest BCUT2D eigenvalue weighted by Gasteiger charge is -2.40. The Hall–Kier alpha value is -3.66. The molecule has 210 valence electrons. The van der Waals surface area contributed by atoms with Crippen LogP contribution in [0.4, 0.5) is 4.39 Å². The van der Waals surface area contributed by atoms with E-state index in [-0.39, 0.29) is 23.8 Å². The Labute approximate surface area is 234 Å². The highest BCUT2D eigenvalue weighted by molar-refractivity contribution is 6.47. The van der Waals surface area contributed by atoms with Gasteiger partial charge in [-0.05, 0) is 60.4 Å². The number of halogens is 1. The maximum Gasteiger partial charge on any atom is 0.279 e. The fourth-order valence-corrected chi connectivity index (χ4v) is 5.65. The summed E-state index contributed by atoms with van der Waals surface area (Å²) >= 11 is 0. The number of benzene rings is 2. The molecule has 5 rings (SSSR count). The monoisotopic (exact) mass is 544 g/mol. The lowest BCUT2D eigenvalue weighted by Crippen LogP contribution is -2.53. The maximum atomic E-state index is 14.9. The summed E-state index contributed by atoms with van der Waals surface area (Å²) in [5.41, 5.74) is 9.79. The van der Waals surface area contributed by atoms with Crippen LogP contribution in [0.2, 0.25) is 0 Å². The quantitative estimate of drug-likeness (QED) is 0.405. The molecule has 1 saturated heterocycles. The molecule has 40 heavy (non-hydrogen) atoms. The summed E-state index contributed by atoms with van der Waals surface area (Å²) in [5.74, 6) is -0.702. The van der Waals surface area contributed by atoms with Gasteiger partial charge < -0.3 is 16.2 Å². The van der Waals surface area contributed by atoms with Crippen molar-refractivity contribution in [1.82, 2.24) is 15.1 Å². The van der Waals surface area contributed by atoms with Crippen LogP contribution in [0, 0.1) is 11.2 Å². The highest BCUT2D eigenvalue weighted by Crippen LogP contribution is 2.30. The molecule has 5 N–H and O–H groups in total. The van der Waals surface area contributed by atoms with Crippen LogP contribution in [0.1, 0.15) is 54.4 Å². The standard InChI is InChI=1S/C31H37FN6O2/c1-35-28(23-8-6-21(17-33)7-9-23)29-27(34)30(39)38(20-36-29)19-31(40)12-14-37(15-13-31)18-25-11-10-24(16-26(25)32)22-4-2-3-5-22/h4,6-11,16,20,34-35,40H,2-3,5,12-15,17-19,33H2,1H3/b29-28+,34-27?. The molecule has 0 bridgehead atoms. The van der Waals surface area contributed by atoms with Crippen LogP contribution in [0.5, 0.6) is 0 Å². The van der Waals surface area contributed by atoms with E-state index in [1.165, 1.54) is 16.8 Å². The normalized spacial score (nSPS) is 20.6. The van der Waals surface area contributed by atoms with Crippen molar-refractivity contribution in [3.05, 3.63) is 82.3 Å². The topological polar surface area (TPSA) is 118 Å². The van der Waals surface area contributed by atoms with Crippen LogP contribution in [0.15, 0.2) is 59.2 Å². The number of aliphatic imine (C=N–C) groups is 1. The zero-order chi connectivity index (χ0) is 28.3. The van der Waals surface area contributed by atoms with Gasteiger partial charge in [0.2, 0.25) is 0 Å². The number of likely N-dealkylation sites (tertiary alicyclic amines) is 1. The molecule has 2 heterocycles. The van der Waals surface area contributed by atoms with Crippen LogP contribution in [0.25, 0.3) is 11.3 Å². The Bertz CT molecular complexity index is 1370. The number of nitrogens with one attached hydrogen (secondary N) is 2. The molecule has 0 saturated carbocycles. The first-order valence-electron chi connectivity index (χ1n) is 13.9. The van der Waals surface area contributed by atoms with Gasteiger partial charge in [0.25, 0.3) is 5.91 Å². The van der Waals surface area contributed by atoms with Gasteiger partial charge in [-0.1, -0.05) is 42.5 Å². The van der Waals surface area contributed by atoms with Crippen molar-refractivity contribution < 1.29 is 14.3 Å². The van der Waals surface area contributed by atoms with E-state index in [2.05, 4.69) is 21.3 Å². The third-order valence-corrected chi connectivity index (χ3v) is 8.11. The van der Waals surface area contributed by atoms with Gasteiger partial charge in [0, 0.05) is 38.8 Å². The average molecular weight is 545 g/mol. The van der Waals surface area contributed by atoms with Crippen molar-refractivity contribution >= 4 is 29.2 Å². The number of hydrogen-bond acceptors (Lipinski definition) is 7. The molecule has 8 nitrogen and oxygen atoms in total. The van der Waals surface area contributed by atoms with Gasteiger partial charge in [0.15, 0.2) is 0 Å². The van der Waals surface area contributed by atoms with Gasteiger partial charge in [-0.15, -0.1) is 0 Å². The van der Waals surface area contributed by atoms with Crippen LogP contribution in [-0.4, -0.2) is 65.1 Å². The minimum Gasteiger partial charge on any atom is -0.388 e. The van der Waals surface area contributed by atoms with Crippen LogP contribution in [0.3, 0.4) is 0 Å². The van der Waals surface area contributed by atoms with E-state index in [4.69, 9.17) is 11.1 Å². The fourth-order valence-electron chi connectivity index (χ4n) is 5.65. The molecular weight excluding hydrogens is 507 g/mol. The summed E-state index contributed by atoms with van der Waals surface area (Å²) < 4.78 is 14.9. The molecule has 3 aliphatic rings. The number of allylic oxidation sites excluding steroid dienone is 2. The minimum atomic E-state index is -1.11. The van der Waals surface area contributed by atoms with Crippen LogP contribution in [-0.2, 0) is 17.9 Å². The van der Waals surface area contributed by atoms with Gasteiger partial charge in [-0.3, -0.25) is 20.0 Å². The fraction of sp³-hybridized carbons (Fsp3) is 0.387. The molecule has 1 amide bonds. The maximum absolute atomic E-state index is 14.9. The molecule has 2 aliphatic heterocycles. The Kier molecular flexibility index (Phi) is 8.25. The Balaban J connectivity index is 1.21. The second-order valence-corrected chi connectivity index (χ2v) is 10.9. The number of aliphatic hydroxyl groups is 1. The largest absolute Gasteiger partial charge is 0.388 e. The third-order valence-electron chi connectivity index (χ3n) is 8.11. The highest BCUT2D eigenvalue weighted by Gasteiger charge is 2.38. The zero-order valence-corrected chi connectivity index (χ0v) is 22.9. The number of amides is 1. The van der Waals surface area contributed by atoms with Crippen molar-refractivity contribution in [3.63, 3.8) is 0 Å². The van der Waals surface area contributed by atoms with Gasteiger partial charge in [0.1, 0.15) is 17.2 Å². The van der Waals surface area contributed by atoms with Gasteiger partial charge >= 0.3 is 0 Å². The lowest BCUT2D eigenvalue weighted by atomic mass is 9.90. The number of nitrogens with zero attached hydrogens (tertiary/aromatic N) is 3. The van der Waals surface area contributed by atoms with E-state index in [0.29, 0.717) is 50.3 Å². The molecule has 0 radical (unpaired) electrons. The van der Waals surface area contributed by atoms with E-state index in [9.17, 15) is 14.3 Å². The van der Waals surface area contributed by atoms with Crippen molar-refractivity contribution in [1.29, 1.82) is 5.41 Å². The molecule has 0 aromatic heterocycles. The summed E-state index contributed by atoms with van der Waals surface area (Å²) in [6.45, 7) is 2.11. The number of piperidine rings is 1. The third kappa shape index (κ3) is 5.91. The second kappa shape index (κ2) is 11.8. The molecule has 1 aliphatic carbocycles. The van der Waals surface area contributed by atoms with Crippen molar-refractivity contribution in [2.75, 3.05) is 26.7 Å². The summed E-state index contributed by atoms with van der Waals surface area (Å²) in [6.07, 6.45) is 7.66. The SMILES string of the molecule is CN/C(=C1/N=CN(CC2(O)CCN(Cc3ccc(C4=CCCC4)cc3F)CC2)C(=O)C1=N)c1ccc(CN)cc1. The number of β-amino-alcohol motifs (C(OH)–C–C–N with tert-alkyl or cyclic N) is 1. The Morgan fingerprint density at radius 1 is 1.20 bits per heavy atom. The molecule has 2 aromatic carbocycles. The van der Waals surface area contributed by atoms with Crippen molar-refractivity contribution in [2.45, 2.75) is 50.8 Å². The van der Waals surface area contributed by atoms with Gasteiger partial charge in [-0.25, -0.2) is 9.38 Å². The summed E-state index contributed by atoms with van der Waals surface area (Å²) in [6, 6.07) is 13.1. The molecular formula is C31H37FN6O2. The predicted molar refractivity (Wildman–Crippen MR) is 156 cm³/mol. The predicted octanol–water partition coefficient (Wildman–Crippen LogP) is 3.66. The Morgan fingerprint density at radius 2 is 1.95 bits per heavy atom. The minimum absolute atomic E-state index is 0.0527. The van der Waals surface area contributed by atoms with E-state index < -0.39 is 11.5 Å². The summed E-state index contributed by atoms with van der Waals surface area (Å²) in [4.78, 5) is 21.0. The number of carbonyl (C=O) groups is 1. The molecule has 0 atom stereocenters. The number of nitrogens with two attached hydrogens (primary N) is 1. The van der Waals surface area contributed by atoms with Gasteiger partial charge in [-0.2, -0.15) is 0 Å². The van der Waals surface area contributed by atoms with E-state index in [0.717, 1.165) is 36.0 Å². The average Bonchev–Trinajstić information content (AvgIpc) is 3.51. The van der Waals surface area contributed by atoms with Crippen molar-refractivity contribution in [3.8, 4) is 0 Å². The molecule has 0 unspecified atom stereocenters.